The Bertz CT molecular complexity index is 463. The van der Waals surface area contributed by atoms with Crippen LogP contribution in [0.5, 0.6) is 0 Å². The van der Waals surface area contributed by atoms with Crippen molar-refractivity contribution < 1.29 is 4.39 Å². The molecule has 2 fully saturated rings. The van der Waals surface area contributed by atoms with E-state index in [4.69, 9.17) is 0 Å². The van der Waals surface area contributed by atoms with E-state index in [1.165, 1.54) is 37.9 Å². The SMILES string of the molecule is Cc1cc(F)ccc1N1CCC(NC[C@H]2CCCN2)CC1. The van der Waals surface area contributed by atoms with Gasteiger partial charge in [-0.1, -0.05) is 0 Å². The van der Waals surface area contributed by atoms with Crippen LogP contribution >= 0.6 is 0 Å². The van der Waals surface area contributed by atoms with Crippen LogP contribution in [-0.4, -0.2) is 38.3 Å². The number of aryl methyl sites for hydroxylation is 1. The van der Waals surface area contributed by atoms with E-state index in [-0.39, 0.29) is 5.82 Å². The van der Waals surface area contributed by atoms with Crippen molar-refractivity contribution in [2.75, 3.05) is 31.1 Å². The van der Waals surface area contributed by atoms with Crippen molar-refractivity contribution in [1.82, 2.24) is 10.6 Å². The minimum Gasteiger partial charge on any atom is -0.371 e. The van der Waals surface area contributed by atoms with Crippen LogP contribution in [0.1, 0.15) is 31.2 Å². The monoisotopic (exact) mass is 291 g/mol. The van der Waals surface area contributed by atoms with Crippen LogP contribution in [0.4, 0.5) is 10.1 Å². The summed E-state index contributed by atoms with van der Waals surface area (Å²) in [5, 5.41) is 7.25. The van der Waals surface area contributed by atoms with E-state index in [1.807, 2.05) is 13.0 Å². The Morgan fingerprint density at radius 3 is 2.76 bits per heavy atom. The molecule has 0 spiro atoms. The summed E-state index contributed by atoms with van der Waals surface area (Å²) in [5.41, 5.74) is 2.23. The number of hydrogen-bond donors (Lipinski definition) is 2. The van der Waals surface area contributed by atoms with Crippen LogP contribution < -0.4 is 15.5 Å². The van der Waals surface area contributed by atoms with Gasteiger partial charge in [0, 0.05) is 37.4 Å². The molecule has 1 atom stereocenters. The van der Waals surface area contributed by atoms with Crippen molar-refractivity contribution in [1.29, 1.82) is 0 Å². The summed E-state index contributed by atoms with van der Waals surface area (Å²) in [7, 11) is 0. The molecule has 0 unspecified atom stereocenters. The summed E-state index contributed by atoms with van der Waals surface area (Å²) in [4.78, 5) is 2.39. The summed E-state index contributed by atoms with van der Waals surface area (Å²) >= 11 is 0. The smallest absolute Gasteiger partial charge is 0.123 e. The first-order valence-corrected chi connectivity index (χ1v) is 8.20. The fraction of sp³-hybridized carbons (Fsp3) is 0.647. The first kappa shape index (κ1) is 14.8. The molecule has 1 aromatic carbocycles. The number of piperidine rings is 1. The van der Waals surface area contributed by atoms with Gasteiger partial charge in [0.05, 0.1) is 0 Å². The number of anilines is 1. The maximum absolute atomic E-state index is 13.2. The summed E-state index contributed by atoms with van der Waals surface area (Å²) in [6.07, 6.45) is 4.96. The van der Waals surface area contributed by atoms with Gasteiger partial charge in [-0.2, -0.15) is 0 Å². The molecular weight excluding hydrogens is 265 g/mol. The van der Waals surface area contributed by atoms with Gasteiger partial charge in [-0.25, -0.2) is 4.39 Å². The van der Waals surface area contributed by atoms with E-state index in [9.17, 15) is 4.39 Å². The largest absolute Gasteiger partial charge is 0.371 e. The number of hydrogen-bond acceptors (Lipinski definition) is 3. The molecule has 21 heavy (non-hydrogen) atoms. The average molecular weight is 291 g/mol. The van der Waals surface area contributed by atoms with Crippen molar-refractivity contribution >= 4 is 5.69 Å². The second kappa shape index (κ2) is 6.75. The van der Waals surface area contributed by atoms with Crippen molar-refractivity contribution in [2.45, 2.75) is 44.7 Å². The third-order valence-corrected chi connectivity index (χ3v) is 4.81. The molecule has 116 valence electrons. The molecule has 0 bridgehead atoms. The predicted octanol–water partition coefficient (Wildman–Crippen LogP) is 2.44. The lowest BCUT2D eigenvalue weighted by Gasteiger charge is -2.35. The molecule has 2 aliphatic rings. The molecule has 0 amide bonds. The molecule has 0 radical (unpaired) electrons. The Morgan fingerprint density at radius 2 is 2.10 bits per heavy atom. The molecule has 0 saturated carbocycles. The average Bonchev–Trinajstić information content (AvgIpc) is 2.99. The Balaban J connectivity index is 1.48. The fourth-order valence-electron chi connectivity index (χ4n) is 3.54. The highest BCUT2D eigenvalue weighted by atomic mass is 19.1. The van der Waals surface area contributed by atoms with Crippen LogP contribution in [0.25, 0.3) is 0 Å². The Labute approximate surface area is 126 Å². The summed E-state index contributed by atoms with van der Waals surface area (Å²) in [6, 6.07) is 6.41. The Morgan fingerprint density at radius 1 is 1.29 bits per heavy atom. The second-order valence-corrected chi connectivity index (χ2v) is 6.39. The quantitative estimate of drug-likeness (QED) is 0.892. The van der Waals surface area contributed by atoms with Crippen molar-refractivity contribution in [3.8, 4) is 0 Å². The van der Waals surface area contributed by atoms with Gasteiger partial charge in [0.25, 0.3) is 0 Å². The zero-order valence-corrected chi connectivity index (χ0v) is 12.9. The Kier molecular flexibility index (Phi) is 4.76. The minimum absolute atomic E-state index is 0.142. The predicted molar refractivity (Wildman–Crippen MR) is 85.4 cm³/mol. The molecule has 4 heteroatoms. The molecule has 2 N–H and O–H groups in total. The zero-order chi connectivity index (χ0) is 14.7. The summed E-state index contributed by atoms with van der Waals surface area (Å²) in [6.45, 7) is 6.38. The standard InChI is InChI=1S/C17H26FN3/c1-13-11-14(18)4-5-17(13)21-9-6-15(7-10-21)20-12-16-3-2-8-19-16/h4-5,11,15-16,19-20H,2-3,6-10,12H2,1H3/t16-/m1/s1. The van der Waals surface area contributed by atoms with E-state index in [1.54, 1.807) is 12.1 Å². The topological polar surface area (TPSA) is 27.3 Å². The molecule has 0 aliphatic carbocycles. The third-order valence-electron chi connectivity index (χ3n) is 4.81. The van der Waals surface area contributed by atoms with Crippen LogP contribution in [0.2, 0.25) is 0 Å². The molecule has 2 saturated heterocycles. The number of halogens is 1. The van der Waals surface area contributed by atoms with Gasteiger partial charge in [0.2, 0.25) is 0 Å². The maximum atomic E-state index is 13.2. The number of nitrogens with one attached hydrogen (secondary N) is 2. The molecular formula is C17H26FN3. The second-order valence-electron chi connectivity index (χ2n) is 6.39. The molecule has 3 nitrogen and oxygen atoms in total. The minimum atomic E-state index is -0.142. The highest BCUT2D eigenvalue weighted by molar-refractivity contribution is 5.53. The van der Waals surface area contributed by atoms with Crippen LogP contribution in [0, 0.1) is 12.7 Å². The van der Waals surface area contributed by atoms with Gasteiger partial charge in [-0.05, 0) is 62.9 Å². The van der Waals surface area contributed by atoms with Crippen LogP contribution in [0.15, 0.2) is 18.2 Å². The van der Waals surface area contributed by atoms with Crippen molar-refractivity contribution in [3.63, 3.8) is 0 Å². The molecule has 3 rings (SSSR count). The van der Waals surface area contributed by atoms with E-state index < -0.39 is 0 Å². The van der Waals surface area contributed by atoms with E-state index in [0.29, 0.717) is 12.1 Å². The van der Waals surface area contributed by atoms with E-state index in [2.05, 4.69) is 15.5 Å². The van der Waals surface area contributed by atoms with Crippen molar-refractivity contribution in [3.05, 3.63) is 29.6 Å². The summed E-state index contributed by atoms with van der Waals surface area (Å²) in [5.74, 6) is -0.142. The van der Waals surface area contributed by atoms with E-state index >= 15 is 0 Å². The van der Waals surface area contributed by atoms with Gasteiger partial charge in [-0.15, -0.1) is 0 Å². The third kappa shape index (κ3) is 3.74. The van der Waals surface area contributed by atoms with Gasteiger partial charge in [0.1, 0.15) is 5.82 Å². The molecule has 0 aromatic heterocycles. The van der Waals surface area contributed by atoms with Gasteiger partial charge >= 0.3 is 0 Å². The first-order chi connectivity index (χ1) is 10.2. The molecule has 1 aromatic rings. The lowest BCUT2D eigenvalue weighted by molar-refractivity contribution is 0.393. The lowest BCUT2D eigenvalue weighted by Crippen LogP contribution is -2.46. The maximum Gasteiger partial charge on any atom is 0.123 e. The number of rotatable bonds is 4. The first-order valence-electron chi connectivity index (χ1n) is 8.20. The van der Waals surface area contributed by atoms with Crippen molar-refractivity contribution in [2.24, 2.45) is 0 Å². The normalized spacial score (nSPS) is 23.7. The fourth-order valence-corrected chi connectivity index (χ4v) is 3.54. The van der Waals surface area contributed by atoms with Gasteiger partial charge < -0.3 is 15.5 Å². The zero-order valence-electron chi connectivity index (χ0n) is 12.9. The molecule has 2 aliphatic heterocycles. The number of nitrogens with zero attached hydrogens (tertiary/aromatic N) is 1. The van der Waals surface area contributed by atoms with Gasteiger partial charge in [-0.3, -0.25) is 0 Å². The number of benzene rings is 1. The molecule has 2 heterocycles. The van der Waals surface area contributed by atoms with Gasteiger partial charge in [0.15, 0.2) is 0 Å². The van der Waals surface area contributed by atoms with E-state index in [0.717, 1.165) is 25.2 Å². The highest BCUT2D eigenvalue weighted by Crippen LogP contribution is 2.24. The Hall–Kier alpha value is -1.13. The van der Waals surface area contributed by atoms with Crippen LogP contribution in [0.3, 0.4) is 0 Å². The highest BCUT2D eigenvalue weighted by Gasteiger charge is 2.22. The summed E-state index contributed by atoms with van der Waals surface area (Å²) < 4.78 is 13.2. The lowest BCUT2D eigenvalue weighted by atomic mass is 10.0. The van der Waals surface area contributed by atoms with Crippen LogP contribution in [-0.2, 0) is 0 Å².